The van der Waals surface area contributed by atoms with Gasteiger partial charge in [0.05, 0.1) is 0 Å². The van der Waals surface area contributed by atoms with Gasteiger partial charge in [0.1, 0.15) is 6.04 Å². The molecule has 0 aliphatic rings. The lowest BCUT2D eigenvalue weighted by molar-refractivity contribution is -0.149. The molecule has 0 aromatic heterocycles. The molecule has 16 heavy (non-hydrogen) atoms. The average Bonchev–Trinajstić information content (AvgIpc) is 2.19. The summed E-state index contributed by atoms with van der Waals surface area (Å²) in [7, 11) is 0. The Hall–Kier alpha value is -0.550. The molecule has 0 unspecified atom stereocenters. The van der Waals surface area contributed by atoms with Crippen LogP contribution in [-0.2, 0) is 6.42 Å². The van der Waals surface area contributed by atoms with Gasteiger partial charge < -0.3 is 5.73 Å². The molecule has 0 amide bonds. The van der Waals surface area contributed by atoms with E-state index in [0.29, 0.717) is 12.8 Å². The van der Waals surface area contributed by atoms with Crippen LogP contribution < -0.4 is 5.73 Å². The van der Waals surface area contributed by atoms with Crippen molar-refractivity contribution >= 4 is 15.9 Å². The molecule has 0 radical (unpaired) electrons. The highest BCUT2D eigenvalue weighted by atomic mass is 79.9. The predicted octanol–water partition coefficient (Wildman–Crippen LogP) is 3.66. The van der Waals surface area contributed by atoms with E-state index in [9.17, 15) is 13.2 Å². The van der Waals surface area contributed by atoms with Crippen LogP contribution in [0.4, 0.5) is 13.2 Å². The molecule has 0 aliphatic carbocycles. The quantitative estimate of drug-likeness (QED) is 0.901. The van der Waals surface area contributed by atoms with Crippen LogP contribution in [0.15, 0.2) is 28.7 Å². The molecule has 2 N–H and O–H groups in total. The van der Waals surface area contributed by atoms with E-state index < -0.39 is 12.2 Å². The van der Waals surface area contributed by atoms with E-state index >= 15 is 0 Å². The minimum Gasteiger partial charge on any atom is -0.320 e. The summed E-state index contributed by atoms with van der Waals surface area (Å²) < 4.78 is 37.3. The standard InChI is InChI=1S/C11H13BrF3N/c12-9-6-4-8(5-7-9)2-1-3-10(16)11(13,14)15/h4-7,10H,1-3,16H2/t10-/m0/s1. The van der Waals surface area contributed by atoms with Crippen LogP contribution in [0.2, 0.25) is 0 Å². The number of nitrogens with two attached hydrogens (primary N) is 1. The Labute approximate surface area is 101 Å². The van der Waals surface area contributed by atoms with Gasteiger partial charge in [0.25, 0.3) is 0 Å². The Morgan fingerprint density at radius 1 is 1.19 bits per heavy atom. The fraction of sp³-hybridized carbons (Fsp3) is 0.455. The maximum Gasteiger partial charge on any atom is 0.403 e. The Balaban J connectivity index is 2.33. The average molecular weight is 296 g/mol. The summed E-state index contributed by atoms with van der Waals surface area (Å²) >= 11 is 3.29. The van der Waals surface area contributed by atoms with Crippen molar-refractivity contribution in [1.29, 1.82) is 0 Å². The van der Waals surface area contributed by atoms with Gasteiger partial charge in [0.2, 0.25) is 0 Å². The smallest absolute Gasteiger partial charge is 0.320 e. The molecule has 1 aromatic carbocycles. The molecule has 1 atom stereocenters. The number of alkyl halides is 3. The van der Waals surface area contributed by atoms with Crippen molar-refractivity contribution in [2.24, 2.45) is 5.73 Å². The molecule has 0 saturated carbocycles. The second-order valence-electron chi connectivity index (χ2n) is 3.67. The van der Waals surface area contributed by atoms with E-state index in [-0.39, 0.29) is 6.42 Å². The summed E-state index contributed by atoms with van der Waals surface area (Å²) in [6, 6.07) is 5.83. The number of benzene rings is 1. The van der Waals surface area contributed by atoms with Gasteiger partial charge >= 0.3 is 6.18 Å². The first kappa shape index (κ1) is 13.5. The molecule has 0 heterocycles. The van der Waals surface area contributed by atoms with Gasteiger partial charge in [-0.25, -0.2) is 0 Å². The molecule has 1 rings (SSSR count). The van der Waals surface area contributed by atoms with E-state index in [4.69, 9.17) is 5.73 Å². The number of halogens is 4. The molecule has 0 fully saturated rings. The zero-order chi connectivity index (χ0) is 12.2. The van der Waals surface area contributed by atoms with Crippen LogP contribution >= 0.6 is 15.9 Å². The third-order valence-electron chi connectivity index (χ3n) is 2.31. The molecule has 90 valence electrons. The second-order valence-corrected chi connectivity index (χ2v) is 4.58. The molecule has 1 nitrogen and oxygen atoms in total. The van der Waals surface area contributed by atoms with E-state index in [0.717, 1.165) is 10.0 Å². The highest BCUT2D eigenvalue weighted by Gasteiger charge is 2.35. The van der Waals surface area contributed by atoms with Crippen LogP contribution in [0, 0.1) is 0 Å². The summed E-state index contributed by atoms with van der Waals surface area (Å²) in [5, 5.41) is 0. The fourth-order valence-corrected chi connectivity index (χ4v) is 1.61. The molecule has 0 saturated heterocycles. The van der Waals surface area contributed by atoms with Crippen molar-refractivity contribution in [3.63, 3.8) is 0 Å². The Morgan fingerprint density at radius 3 is 2.25 bits per heavy atom. The largest absolute Gasteiger partial charge is 0.403 e. The minimum absolute atomic E-state index is 0.0282. The molecule has 0 aliphatic heterocycles. The zero-order valence-corrected chi connectivity index (χ0v) is 10.2. The Kier molecular flexibility index (Phi) is 4.80. The molecule has 1 aromatic rings. The topological polar surface area (TPSA) is 26.0 Å². The van der Waals surface area contributed by atoms with E-state index in [2.05, 4.69) is 15.9 Å². The van der Waals surface area contributed by atoms with Gasteiger partial charge in [-0.15, -0.1) is 0 Å². The lowest BCUT2D eigenvalue weighted by Crippen LogP contribution is -2.37. The molecule has 0 spiro atoms. The van der Waals surface area contributed by atoms with Gasteiger partial charge in [0, 0.05) is 4.47 Å². The predicted molar refractivity (Wildman–Crippen MR) is 61.1 cm³/mol. The summed E-state index contributed by atoms with van der Waals surface area (Å²) in [6.45, 7) is 0. The normalized spacial score (nSPS) is 13.8. The molecular weight excluding hydrogens is 283 g/mol. The van der Waals surface area contributed by atoms with Crippen molar-refractivity contribution in [2.45, 2.75) is 31.5 Å². The number of rotatable bonds is 4. The van der Waals surface area contributed by atoms with Crippen molar-refractivity contribution in [1.82, 2.24) is 0 Å². The maximum atomic E-state index is 12.1. The first-order valence-electron chi connectivity index (χ1n) is 4.96. The fourth-order valence-electron chi connectivity index (χ4n) is 1.34. The molecular formula is C11H13BrF3N. The van der Waals surface area contributed by atoms with E-state index in [1.54, 1.807) is 0 Å². The van der Waals surface area contributed by atoms with Crippen molar-refractivity contribution in [3.05, 3.63) is 34.3 Å². The SMILES string of the molecule is N[C@@H](CCCc1ccc(Br)cc1)C(F)(F)F. The van der Waals surface area contributed by atoms with E-state index in [1.165, 1.54) is 0 Å². The minimum atomic E-state index is -4.28. The highest BCUT2D eigenvalue weighted by molar-refractivity contribution is 9.10. The first-order chi connectivity index (χ1) is 7.39. The second kappa shape index (κ2) is 5.68. The van der Waals surface area contributed by atoms with Crippen LogP contribution in [-0.4, -0.2) is 12.2 Å². The lowest BCUT2D eigenvalue weighted by atomic mass is 10.1. The zero-order valence-electron chi connectivity index (χ0n) is 8.60. The first-order valence-corrected chi connectivity index (χ1v) is 5.75. The Bertz CT molecular complexity index is 321. The van der Waals surface area contributed by atoms with Crippen LogP contribution in [0.3, 0.4) is 0 Å². The third-order valence-corrected chi connectivity index (χ3v) is 2.84. The molecule has 5 heteroatoms. The van der Waals surface area contributed by atoms with Gasteiger partial charge in [-0.1, -0.05) is 28.1 Å². The highest BCUT2D eigenvalue weighted by Crippen LogP contribution is 2.22. The van der Waals surface area contributed by atoms with Gasteiger partial charge in [0.15, 0.2) is 0 Å². The molecule has 0 bridgehead atoms. The summed E-state index contributed by atoms with van der Waals surface area (Å²) in [5.41, 5.74) is 6.03. The van der Waals surface area contributed by atoms with Gasteiger partial charge in [-0.2, -0.15) is 13.2 Å². The summed E-state index contributed by atoms with van der Waals surface area (Å²) in [4.78, 5) is 0. The number of hydrogen-bond donors (Lipinski definition) is 1. The van der Waals surface area contributed by atoms with Gasteiger partial charge in [-0.05, 0) is 37.0 Å². The van der Waals surface area contributed by atoms with Crippen molar-refractivity contribution in [2.75, 3.05) is 0 Å². The van der Waals surface area contributed by atoms with Crippen molar-refractivity contribution in [3.8, 4) is 0 Å². The van der Waals surface area contributed by atoms with Crippen LogP contribution in [0.5, 0.6) is 0 Å². The van der Waals surface area contributed by atoms with Gasteiger partial charge in [-0.3, -0.25) is 0 Å². The number of hydrogen-bond acceptors (Lipinski definition) is 1. The number of aryl methyl sites for hydroxylation is 1. The monoisotopic (exact) mass is 295 g/mol. The maximum absolute atomic E-state index is 12.1. The Morgan fingerprint density at radius 2 is 1.75 bits per heavy atom. The summed E-state index contributed by atoms with van der Waals surface area (Å²) in [6.07, 6.45) is -3.24. The van der Waals surface area contributed by atoms with Crippen molar-refractivity contribution < 1.29 is 13.2 Å². The lowest BCUT2D eigenvalue weighted by Gasteiger charge is -2.14. The van der Waals surface area contributed by atoms with Crippen LogP contribution in [0.25, 0.3) is 0 Å². The summed E-state index contributed by atoms with van der Waals surface area (Å²) in [5.74, 6) is 0. The van der Waals surface area contributed by atoms with E-state index in [1.807, 2.05) is 24.3 Å². The van der Waals surface area contributed by atoms with Crippen LogP contribution in [0.1, 0.15) is 18.4 Å². The third kappa shape index (κ3) is 4.53.